The number of carbonyl (C=O) groups excluding carboxylic acids is 4. The van der Waals surface area contributed by atoms with E-state index in [9.17, 15) is 19.2 Å². The highest BCUT2D eigenvalue weighted by Gasteiger charge is 2.39. The van der Waals surface area contributed by atoms with Gasteiger partial charge in [-0.25, -0.2) is 9.59 Å². The van der Waals surface area contributed by atoms with E-state index in [4.69, 9.17) is 9.57 Å². The average Bonchev–Trinajstić information content (AvgIpc) is 3.22. The first-order chi connectivity index (χ1) is 14.2. The highest BCUT2D eigenvalue weighted by Crippen LogP contribution is 2.33. The molecule has 0 fully saturated rings. The van der Waals surface area contributed by atoms with Crippen LogP contribution < -0.4 is 4.90 Å². The molecule has 8 heteroatoms. The van der Waals surface area contributed by atoms with Crippen LogP contribution in [0.2, 0.25) is 0 Å². The summed E-state index contributed by atoms with van der Waals surface area (Å²) in [6.45, 7) is 5.68. The molecule has 0 radical (unpaired) electrons. The zero-order valence-corrected chi connectivity index (χ0v) is 16.8. The number of hydroxylamine groups is 2. The van der Waals surface area contributed by atoms with E-state index in [2.05, 4.69) is 0 Å². The van der Waals surface area contributed by atoms with Crippen molar-refractivity contribution in [2.24, 2.45) is 0 Å². The molecule has 0 spiro atoms. The van der Waals surface area contributed by atoms with Gasteiger partial charge < -0.3 is 9.57 Å². The maximum atomic E-state index is 12.8. The Kier molecular flexibility index (Phi) is 4.57. The van der Waals surface area contributed by atoms with Crippen LogP contribution in [-0.4, -0.2) is 41.1 Å². The molecule has 2 aromatic rings. The van der Waals surface area contributed by atoms with Crippen LogP contribution in [0.1, 0.15) is 57.4 Å². The van der Waals surface area contributed by atoms with E-state index in [0.717, 1.165) is 0 Å². The number of fused-ring (bicyclic) bond motifs is 2. The first-order valence-electron chi connectivity index (χ1n) is 9.50. The molecule has 154 valence electrons. The number of nitrogens with zero attached hydrogens (tertiary/aromatic N) is 2. The summed E-state index contributed by atoms with van der Waals surface area (Å²) in [5.74, 6) is -2.22. The summed E-state index contributed by atoms with van der Waals surface area (Å²) in [7, 11) is 0. The highest BCUT2D eigenvalue weighted by atomic mass is 16.7. The molecule has 0 N–H and O–H groups in total. The number of rotatable bonds is 2. The molecule has 2 aliphatic rings. The van der Waals surface area contributed by atoms with Crippen molar-refractivity contribution in [3.05, 3.63) is 64.7 Å². The van der Waals surface area contributed by atoms with Gasteiger partial charge in [-0.05, 0) is 57.0 Å². The minimum atomic E-state index is -0.840. The van der Waals surface area contributed by atoms with Gasteiger partial charge in [0.2, 0.25) is 0 Å². The van der Waals surface area contributed by atoms with E-state index < -0.39 is 29.5 Å². The Hall–Kier alpha value is -3.68. The van der Waals surface area contributed by atoms with Gasteiger partial charge in [-0.15, -0.1) is 0 Å². The minimum Gasteiger partial charge on any atom is -0.443 e. The summed E-state index contributed by atoms with van der Waals surface area (Å²) in [6.07, 6.45) is -0.0887. The van der Waals surface area contributed by atoms with Crippen LogP contribution in [0.15, 0.2) is 42.5 Å². The van der Waals surface area contributed by atoms with Gasteiger partial charge >= 0.3 is 12.1 Å². The number of ether oxygens (including phenoxy) is 1. The second-order valence-electron chi connectivity index (χ2n) is 8.01. The topological polar surface area (TPSA) is 93.2 Å². The van der Waals surface area contributed by atoms with Crippen LogP contribution in [0.5, 0.6) is 0 Å². The molecule has 3 amide bonds. The summed E-state index contributed by atoms with van der Waals surface area (Å²) in [4.78, 5) is 56.8. The summed E-state index contributed by atoms with van der Waals surface area (Å²) in [6, 6.07) is 11.1. The number of anilines is 1. The molecular weight excluding hydrogens is 388 g/mol. The molecular formula is C22H20N2O6. The van der Waals surface area contributed by atoms with E-state index in [1.54, 1.807) is 45.0 Å². The molecule has 0 unspecified atom stereocenters. The van der Waals surface area contributed by atoms with Crippen molar-refractivity contribution in [1.29, 1.82) is 0 Å². The Bertz CT molecular complexity index is 1050. The van der Waals surface area contributed by atoms with Gasteiger partial charge in [0.25, 0.3) is 11.8 Å². The monoisotopic (exact) mass is 408 g/mol. The SMILES string of the molecule is CC(C)(C)OC(=O)N1CCc2c(C(=O)ON3C(=O)c4ccccc4C3=O)cccc21. The van der Waals surface area contributed by atoms with Crippen molar-refractivity contribution in [3.8, 4) is 0 Å². The highest BCUT2D eigenvalue weighted by molar-refractivity contribution is 6.21. The Labute approximate surface area is 172 Å². The van der Waals surface area contributed by atoms with Gasteiger partial charge in [-0.1, -0.05) is 23.3 Å². The molecule has 30 heavy (non-hydrogen) atoms. The lowest BCUT2D eigenvalue weighted by Crippen LogP contribution is -2.35. The second kappa shape index (κ2) is 6.98. The van der Waals surface area contributed by atoms with Crippen molar-refractivity contribution >= 4 is 29.6 Å². The molecule has 8 nitrogen and oxygen atoms in total. The van der Waals surface area contributed by atoms with Crippen LogP contribution >= 0.6 is 0 Å². The van der Waals surface area contributed by atoms with E-state index in [0.29, 0.717) is 29.3 Å². The molecule has 0 saturated carbocycles. The van der Waals surface area contributed by atoms with Crippen molar-refractivity contribution in [2.45, 2.75) is 32.8 Å². The fraction of sp³-hybridized carbons (Fsp3) is 0.273. The third kappa shape index (κ3) is 3.30. The van der Waals surface area contributed by atoms with Gasteiger partial charge in [0, 0.05) is 6.54 Å². The lowest BCUT2D eigenvalue weighted by molar-refractivity contribution is -0.0585. The zero-order valence-electron chi connectivity index (χ0n) is 16.8. The Morgan fingerprint density at radius 3 is 2.17 bits per heavy atom. The molecule has 2 heterocycles. The standard InChI is InChI=1S/C22H20N2O6/c1-22(2,3)29-21(28)23-12-11-13-16(9-6-10-17(13)23)20(27)30-24-18(25)14-7-4-5-8-15(14)19(24)26/h4-10H,11-12H2,1-3H3. The summed E-state index contributed by atoms with van der Waals surface area (Å²) >= 11 is 0. The lowest BCUT2D eigenvalue weighted by atomic mass is 10.1. The fourth-order valence-corrected chi connectivity index (χ4v) is 3.51. The predicted molar refractivity (Wildman–Crippen MR) is 106 cm³/mol. The van der Waals surface area contributed by atoms with Crippen LogP contribution in [-0.2, 0) is 16.0 Å². The van der Waals surface area contributed by atoms with Crippen LogP contribution in [0.4, 0.5) is 10.5 Å². The summed E-state index contributed by atoms with van der Waals surface area (Å²) in [5.41, 5.74) is 1.05. The first-order valence-corrected chi connectivity index (χ1v) is 9.50. The predicted octanol–water partition coefficient (Wildman–Crippen LogP) is 3.35. The quantitative estimate of drug-likeness (QED) is 0.708. The normalized spacial score (nSPS) is 15.2. The number of carbonyl (C=O) groups is 4. The number of benzene rings is 2. The molecule has 2 aromatic carbocycles. The lowest BCUT2D eigenvalue weighted by Gasteiger charge is -2.24. The third-order valence-electron chi connectivity index (χ3n) is 4.79. The maximum Gasteiger partial charge on any atom is 0.414 e. The van der Waals surface area contributed by atoms with Gasteiger partial charge in [-0.3, -0.25) is 14.5 Å². The molecule has 2 aliphatic heterocycles. The first kappa shape index (κ1) is 19.6. The van der Waals surface area contributed by atoms with Gasteiger partial charge in [0.05, 0.1) is 22.4 Å². The molecule has 0 saturated heterocycles. The van der Waals surface area contributed by atoms with Crippen LogP contribution in [0.25, 0.3) is 0 Å². The van der Waals surface area contributed by atoms with E-state index in [1.807, 2.05) is 0 Å². The van der Waals surface area contributed by atoms with Gasteiger partial charge in [0.1, 0.15) is 5.60 Å². The van der Waals surface area contributed by atoms with Gasteiger partial charge in [0.15, 0.2) is 0 Å². The van der Waals surface area contributed by atoms with E-state index in [1.165, 1.54) is 23.1 Å². The molecule has 0 bridgehead atoms. The van der Waals surface area contributed by atoms with Crippen LogP contribution in [0.3, 0.4) is 0 Å². The third-order valence-corrected chi connectivity index (χ3v) is 4.79. The van der Waals surface area contributed by atoms with Crippen LogP contribution in [0, 0.1) is 0 Å². The number of hydrogen-bond donors (Lipinski definition) is 0. The Morgan fingerprint density at radius 2 is 1.57 bits per heavy atom. The largest absolute Gasteiger partial charge is 0.443 e. The fourth-order valence-electron chi connectivity index (χ4n) is 3.51. The summed E-state index contributed by atoms with van der Waals surface area (Å²) < 4.78 is 5.42. The number of imide groups is 1. The minimum absolute atomic E-state index is 0.185. The Morgan fingerprint density at radius 1 is 0.933 bits per heavy atom. The average molecular weight is 408 g/mol. The second-order valence-corrected chi connectivity index (χ2v) is 8.01. The van der Waals surface area contributed by atoms with Crippen molar-refractivity contribution < 1.29 is 28.8 Å². The molecule has 0 atom stereocenters. The smallest absolute Gasteiger partial charge is 0.414 e. The summed E-state index contributed by atoms with van der Waals surface area (Å²) in [5, 5.41) is 0.479. The molecule has 0 aliphatic carbocycles. The number of hydrogen-bond acceptors (Lipinski definition) is 6. The van der Waals surface area contributed by atoms with Crippen molar-refractivity contribution in [3.63, 3.8) is 0 Å². The molecule has 0 aromatic heterocycles. The van der Waals surface area contributed by atoms with Crippen molar-refractivity contribution in [2.75, 3.05) is 11.4 Å². The zero-order chi connectivity index (χ0) is 21.6. The maximum absolute atomic E-state index is 12.8. The number of amides is 3. The Balaban J connectivity index is 1.57. The van der Waals surface area contributed by atoms with Crippen molar-refractivity contribution in [1.82, 2.24) is 5.06 Å². The molecule has 4 rings (SSSR count). The van der Waals surface area contributed by atoms with Gasteiger partial charge in [-0.2, -0.15) is 0 Å². The van der Waals surface area contributed by atoms with E-state index >= 15 is 0 Å². The van der Waals surface area contributed by atoms with E-state index in [-0.39, 0.29) is 16.7 Å².